The molecule has 1 saturated heterocycles. The Morgan fingerprint density at radius 3 is 3.05 bits per heavy atom. The molecule has 1 aromatic rings. The maximum atomic E-state index is 12.5. The normalized spacial score (nSPS) is 19.8. The van der Waals surface area contributed by atoms with Crippen molar-refractivity contribution >= 4 is 29.2 Å². The lowest BCUT2D eigenvalue weighted by atomic mass is 10.0. The van der Waals surface area contributed by atoms with Gasteiger partial charge in [-0.3, -0.25) is 14.5 Å². The number of aldehydes is 1. The van der Waals surface area contributed by atoms with E-state index in [0.717, 1.165) is 44.2 Å². The zero-order valence-corrected chi connectivity index (χ0v) is 13.0. The van der Waals surface area contributed by atoms with Crippen molar-refractivity contribution in [2.75, 3.05) is 18.4 Å². The molecule has 0 aliphatic carbocycles. The molecule has 1 amide bonds. The molecular weight excluding hydrogens is 272 g/mol. The second-order valence-corrected chi connectivity index (χ2v) is 6.22. The summed E-state index contributed by atoms with van der Waals surface area (Å²) in [6.45, 7) is 6.01. The fraction of sp³-hybridized carbons (Fsp3) is 0.600. The van der Waals surface area contributed by atoms with Gasteiger partial charge < -0.3 is 5.32 Å². The highest BCUT2D eigenvalue weighted by molar-refractivity contribution is 7.12. The summed E-state index contributed by atoms with van der Waals surface area (Å²) in [5.74, 6) is 0.0303. The number of thiophene rings is 1. The largest absolute Gasteiger partial charge is 0.323 e. The molecule has 1 atom stereocenters. The molecule has 0 saturated carbocycles. The third-order valence-corrected chi connectivity index (χ3v) is 4.81. The maximum Gasteiger partial charge on any atom is 0.241 e. The number of carbonyl (C=O) groups excluding carboxylic acids is 2. The Morgan fingerprint density at radius 1 is 1.55 bits per heavy atom. The van der Waals surface area contributed by atoms with E-state index in [4.69, 9.17) is 0 Å². The third-order valence-electron chi connectivity index (χ3n) is 3.79. The summed E-state index contributed by atoms with van der Waals surface area (Å²) in [6.07, 6.45) is 5.05. The minimum atomic E-state index is -0.0532. The Kier molecular flexibility index (Phi) is 5.31. The topological polar surface area (TPSA) is 49.4 Å². The number of hydrogen-bond acceptors (Lipinski definition) is 4. The standard InChI is InChI=1S/C15H22N2O2S/c1-3-7-17-8-5-4-6-12(17)15(19)16-14-11(2)10-20-13(14)9-18/h9-10,12H,3-8H2,1-2H3,(H,16,19)/t12-/m0/s1. The number of amides is 1. The van der Waals surface area contributed by atoms with Crippen molar-refractivity contribution in [3.63, 3.8) is 0 Å². The van der Waals surface area contributed by atoms with Gasteiger partial charge in [0.05, 0.1) is 16.6 Å². The SMILES string of the molecule is CCCN1CCCC[C@H]1C(=O)Nc1c(C)csc1C=O. The van der Waals surface area contributed by atoms with Crippen molar-refractivity contribution in [3.8, 4) is 0 Å². The molecule has 20 heavy (non-hydrogen) atoms. The lowest BCUT2D eigenvalue weighted by molar-refractivity contribution is -0.122. The molecule has 1 aromatic heterocycles. The van der Waals surface area contributed by atoms with Gasteiger partial charge in [0.1, 0.15) is 0 Å². The number of hydrogen-bond donors (Lipinski definition) is 1. The molecule has 1 aliphatic rings. The number of anilines is 1. The van der Waals surface area contributed by atoms with Crippen molar-refractivity contribution in [1.29, 1.82) is 0 Å². The van der Waals surface area contributed by atoms with Gasteiger partial charge in [0, 0.05) is 0 Å². The van der Waals surface area contributed by atoms with Crippen LogP contribution in [0.4, 0.5) is 5.69 Å². The van der Waals surface area contributed by atoms with Crippen LogP contribution in [-0.4, -0.2) is 36.2 Å². The molecule has 1 fully saturated rings. The Bertz CT molecular complexity index is 482. The first-order valence-corrected chi connectivity index (χ1v) is 8.13. The number of nitrogens with zero attached hydrogens (tertiary/aromatic N) is 1. The highest BCUT2D eigenvalue weighted by Crippen LogP contribution is 2.27. The van der Waals surface area contributed by atoms with Crippen molar-refractivity contribution in [2.24, 2.45) is 0 Å². The van der Waals surface area contributed by atoms with Crippen molar-refractivity contribution in [2.45, 2.75) is 45.6 Å². The van der Waals surface area contributed by atoms with Crippen LogP contribution in [0.25, 0.3) is 0 Å². The summed E-state index contributed by atoms with van der Waals surface area (Å²) in [4.78, 5) is 26.4. The van der Waals surface area contributed by atoms with E-state index in [-0.39, 0.29) is 11.9 Å². The van der Waals surface area contributed by atoms with Crippen molar-refractivity contribution in [3.05, 3.63) is 15.8 Å². The molecule has 4 nitrogen and oxygen atoms in total. The molecule has 110 valence electrons. The second kappa shape index (κ2) is 6.99. The van der Waals surface area contributed by atoms with Crippen LogP contribution in [0.5, 0.6) is 0 Å². The number of rotatable bonds is 5. The van der Waals surface area contributed by atoms with Crippen LogP contribution in [0.3, 0.4) is 0 Å². The number of aryl methyl sites for hydroxylation is 1. The lowest BCUT2D eigenvalue weighted by Gasteiger charge is -2.34. The smallest absolute Gasteiger partial charge is 0.241 e. The van der Waals surface area contributed by atoms with E-state index in [2.05, 4.69) is 17.1 Å². The predicted octanol–water partition coefficient (Wildman–Crippen LogP) is 3.07. The Labute approximate surface area is 124 Å². The molecule has 0 bridgehead atoms. The van der Waals surface area contributed by atoms with Gasteiger partial charge in [-0.05, 0) is 50.2 Å². The number of carbonyl (C=O) groups is 2. The first kappa shape index (κ1) is 15.2. The van der Waals surface area contributed by atoms with Crippen LogP contribution in [0.15, 0.2) is 5.38 Å². The molecule has 2 rings (SSSR count). The van der Waals surface area contributed by atoms with E-state index < -0.39 is 0 Å². The summed E-state index contributed by atoms with van der Waals surface area (Å²) in [6, 6.07) is -0.0532. The van der Waals surface area contributed by atoms with Crippen molar-refractivity contribution in [1.82, 2.24) is 4.90 Å². The molecular formula is C15H22N2O2S. The van der Waals surface area contributed by atoms with E-state index >= 15 is 0 Å². The first-order chi connectivity index (χ1) is 9.67. The Hall–Kier alpha value is -1.20. The monoisotopic (exact) mass is 294 g/mol. The van der Waals surface area contributed by atoms with Gasteiger partial charge >= 0.3 is 0 Å². The summed E-state index contributed by atoms with van der Waals surface area (Å²) < 4.78 is 0. The minimum absolute atomic E-state index is 0.0303. The zero-order valence-electron chi connectivity index (χ0n) is 12.1. The summed E-state index contributed by atoms with van der Waals surface area (Å²) in [7, 11) is 0. The molecule has 0 spiro atoms. The number of likely N-dealkylation sites (tertiary alicyclic amines) is 1. The van der Waals surface area contributed by atoms with Crippen LogP contribution in [-0.2, 0) is 4.79 Å². The number of piperidine rings is 1. The van der Waals surface area contributed by atoms with Crippen molar-refractivity contribution < 1.29 is 9.59 Å². The highest BCUT2D eigenvalue weighted by atomic mass is 32.1. The zero-order chi connectivity index (χ0) is 14.5. The quantitative estimate of drug-likeness (QED) is 0.849. The van der Waals surface area contributed by atoms with Gasteiger partial charge in [-0.1, -0.05) is 13.3 Å². The van der Waals surface area contributed by atoms with Gasteiger partial charge in [-0.2, -0.15) is 0 Å². The van der Waals surface area contributed by atoms with Crippen LogP contribution < -0.4 is 5.32 Å². The van der Waals surface area contributed by atoms with E-state index in [1.54, 1.807) is 0 Å². The fourth-order valence-electron chi connectivity index (χ4n) is 2.76. The van der Waals surface area contributed by atoms with Crippen LogP contribution in [0.1, 0.15) is 47.8 Å². The summed E-state index contributed by atoms with van der Waals surface area (Å²) in [5, 5.41) is 4.87. The lowest BCUT2D eigenvalue weighted by Crippen LogP contribution is -2.47. The second-order valence-electron chi connectivity index (χ2n) is 5.31. The fourth-order valence-corrected chi connectivity index (χ4v) is 3.57. The highest BCUT2D eigenvalue weighted by Gasteiger charge is 2.28. The average molecular weight is 294 g/mol. The predicted molar refractivity (Wildman–Crippen MR) is 82.6 cm³/mol. The third kappa shape index (κ3) is 3.27. The van der Waals surface area contributed by atoms with Gasteiger partial charge in [-0.25, -0.2) is 0 Å². The number of nitrogens with one attached hydrogen (secondary N) is 1. The van der Waals surface area contributed by atoms with E-state index in [9.17, 15) is 9.59 Å². The molecule has 2 heterocycles. The maximum absolute atomic E-state index is 12.5. The van der Waals surface area contributed by atoms with Gasteiger partial charge in [-0.15, -0.1) is 11.3 Å². The van der Waals surface area contributed by atoms with Crippen LogP contribution in [0, 0.1) is 6.92 Å². The Morgan fingerprint density at radius 2 is 2.35 bits per heavy atom. The summed E-state index contributed by atoms with van der Waals surface area (Å²) >= 11 is 1.38. The van der Waals surface area contributed by atoms with E-state index in [1.807, 2.05) is 12.3 Å². The van der Waals surface area contributed by atoms with E-state index in [0.29, 0.717) is 10.6 Å². The minimum Gasteiger partial charge on any atom is -0.323 e. The van der Waals surface area contributed by atoms with Gasteiger partial charge in [0.25, 0.3) is 0 Å². The molecule has 1 aliphatic heterocycles. The molecule has 1 N–H and O–H groups in total. The average Bonchev–Trinajstić information content (AvgIpc) is 2.80. The van der Waals surface area contributed by atoms with E-state index in [1.165, 1.54) is 17.8 Å². The molecule has 5 heteroatoms. The van der Waals surface area contributed by atoms with Crippen LogP contribution >= 0.6 is 11.3 Å². The van der Waals surface area contributed by atoms with Gasteiger partial charge in [0.2, 0.25) is 5.91 Å². The van der Waals surface area contributed by atoms with Crippen LogP contribution in [0.2, 0.25) is 0 Å². The molecule has 0 radical (unpaired) electrons. The molecule has 0 unspecified atom stereocenters. The molecule has 0 aromatic carbocycles. The summed E-state index contributed by atoms with van der Waals surface area (Å²) in [5.41, 5.74) is 1.65. The first-order valence-electron chi connectivity index (χ1n) is 7.25. The van der Waals surface area contributed by atoms with Gasteiger partial charge in [0.15, 0.2) is 6.29 Å². The Balaban J connectivity index is 2.09.